The van der Waals surface area contributed by atoms with Gasteiger partial charge in [-0.25, -0.2) is 9.59 Å². The number of fused-ring (bicyclic) bond motifs is 2. The van der Waals surface area contributed by atoms with Crippen molar-refractivity contribution in [3.63, 3.8) is 0 Å². The summed E-state index contributed by atoms with van der Waals surface area (Å²) >= 11 is 0. The molecule has 0 fully saturated rings. The minimum absolute atomic E-state index is 0.0336. The van der Waals surface area contributed by atoms with Gasteiger partial charge in [0.15, 0.2) is 5.78 Å². The van der Waals surface area contributed by atoms with Crippen molar-refractivity contribution in [3.8, 4) is 11.5 Å². The average Bonchev–Trinajstić information content (AvgIpc) is 2.79. The molecule has 1 N–H and O–H groups in total. The first-order valence-electron chi connectivity index (χ1n) is 11.7. The Morgan fingerprint density at radius 1 is 0.842 bits per heavy atom. The van der Waals surface area contributed by atoms with Crippen molar-refractivity contribution >= 4 is 35.6 Å². The largest absolute Gasteiger partial charge is 0.462 e. The predicted molar refractivity (Wildman–Crippen MR) is 132 cm³/mol. The van der Waals surface area contributed by atoms with Gasteiger partial charge in [0, 0.05) is 31.5 Å². The van der Waals surface area contributed by atoms with Crippen LogP contribution in [0.5, 0.6) is 11.5 Å². The van der Waals surface area contributed by atoms with Crippen LogP contribution in [0.3, 0.4) is 0 Å². The van der Waals surface area contributed by atoms with E-state index in [0.29, 0.717) is 0 Å². The number of hydrogen-bond acceptors (Lipinski definition) is 10. The van der Waals surface area contributed by atoms with Gasteiger partial charge in [-0.05, 0) is 45.4 Å². The zero-order chi connectivity index (χ0) is 28.2. The highest BCUT2D eigenvalue weighted by Gasteiger charge is 2.36. The number of esters is 3. The van der Waals surface area contributed by atoms with Crippen molar-refractivity contribution < 1.29 is 47.7 Å². The number of alkyl carbamates (subject to hydrolysis) is 1. The third kappa shape index (κ3) is 6.61. The lowest BCUT2D eigenvalue weighted by Crippen LogP contribution is -2.33. The topological polar surface area (TPSA) is 151 Å². The van der Waals surface area contributed by atoms with Gasteiger partial charge in [0.05, 0.1) is 23.3 Å². The standard InChI is InChI=1S/C27H27NO10/c1-14(29)36-19-9-6-8-17-21(19)24(32)22-18(23(17)31)12-16(13-20(22)37-15(2)30)25(33)35-11-7-10-28-26(34)38-27(3,4)5/h6,8-9,12-13H,7,10-11H2,1-5H3,(H,28,34). The molecule has 0 heterocycles. The lowest BCUT2D eigenvalue weighted by molar-refractivity contribution is -0.132. The number of amides is 1. The summed E-state index contributed by atoms with van der Waals surface area (Å²) in [6.07, 6.45) is -0.332. The van der Waals surface area contributed by atoms with Gasteiger partial charge in [0.2, 0.25) is 5.78 Å². The summed E-state index contributed by atoms with van der Waals surface area (Å²) in [6.45, 7) is 7.54. The maximum Gasteiger partial charge on any atom is 0.407 e. The molecule has 0 bridgehead atoms. The fourth-order valence-corrected chi connectivity index (χ4v) is 3.67. The normalized spacial score (nSPS) is 12.1. The Bertz CT molecular complexity index is 1340. The third-order valence-corrected chi connectivity index (χ3v) is 5.04. The quantitative estimate of drug-likeness (QED) is 0.276. The summed E-state index contributed by atoms with van der Waals surface area (Å²) in [5.74, 6) is -4.08. The molecule has 200 valence electrons. The SMILES string of the molecule is CC(=O)Oc1cccc2c1C(=O)c1c(OC(C)=O)cc(C(=O)OCCCNC(=O)OC(C)(C)C)cc1C2=O. The third-order valence-electron chi connectivity index (χ3n) is 5.04. The molecule has 3 rings (SSSR count). The van der Waals surface area contributed by atoms with E-state index in [-0.39, 0.29) is 58.9 Å². The fourth-order valence-electron chi connectivity index (χ4n) is 3.67. The van der Waals surface area contributed by atoms with Gasteiger partial charge < -0.3 is 24.3 Å². The molecule has 11 heteroatoms. The molecule has 2 aromatic rings. The summed E-state index contributed by atoms with van der Waals surface area (Å²) in [5, 5.41) is 2.54. The highest BCUT2D eigenvalue weighted by molar-refractivity contribution is 6.30. The maximum absolute atomic E-state index is 13.4. The number of nitrogens with one attached hydrogen (secondary N) is 1. The second kappa shape index (κ2) is 11.2. The number of benzene rings is 2. The number of rotatable bonds is 7. The Morgan fingerprint density at radius 3 is 2.11 bits per heavy atom. The van der Waals surface area contributed by atoms with E-state index in [9.17, 15) is 28.8 Å². The van der Waals surface area contributed by atoms with E-state index in [1.165, 1.54) is 24.3 Å². The number of carbonyl (C=O) groups is 6. The zero-order valence-electron chi connectivity index (χ0n) is 21.6. The van der Waals surface area contributed by atoms with Crippen molar-refractivity contribution in [2.45, 2.75) is 46.6 Å². The summed E-state index contributed by atoms with van der Waals surface area (Å²) in [7, 11) is 0. The summed E-state index contributed by atoms with van der Waals surface area (Å²) in [5.41, 5.74) is -1.37. The van der Waals surface area contributed by atoms with E-state index in [0.717, 1.165) is 19.9 Å². The van der Waals surface area contributed by atoms with Gasteiger partial charge in [-0.2, -0.15) is 0 Å². The molecule has 0 aliphatic heterocycles. The van der Waals surface area contributed by atoms with Crippen molar-refractivity contribution in [3.05, 3.63) is 58.1 Å². The second-order valence-corrected chi connectivity index (χ2v) is 9.34. The molecule has 38 heavy (non-hydrogen) atoms. The Labute approximate surface area is 218 Å². The second-order valence-electron chi connectivity index (χ2n) is 9.34. The molecule has 2 aromatic carbocycles. The van der Waals surface area contributed by atoms with E-state index >= 15 is 0 Å². The van der Waals surface area contributed by atoms with Crippen LogP contribution in [0.15, 0.2) is 30.3 Å². The molecule has 0 saturated carbocycles. The molecular formula is C27H27NO10. The molecule has 0 aromatic heterocycles. The van der Waals surface area contributed by atoms with E-state index in [1.54, 1.807) is 20.8 Å². The van der Waals surface area contributed by atoms with E-state index < -0.39 is 41.2 Å². The molecule has 1 aliphatic rings. The summed E-state index contributed by atoms with van der Waals surface area (Å²) < 4.78 is 20.6. The molecule has 0 unspecified atom stereocenters. The minimum atomic E-state index is -0.835. The van der Waals surface area contributed by atoms with Crippen LogP contribution in [-0.2, 0) is 19.1 Å². The van der Waals surface area contributed by atoms with Gasteiger partial charge in [-0.15, -0.1) is 0 Å². The zero-order valence-corrected chi connectivity index (χ0v) is 21.6. The van der Waals surface area contributed by atoms with Crippen LogP contribution in [0.2, 0.25) is 0 Å². The summed E-state index contributed by atoms with van der Waals surface area (Å²) in [4.78, 5) is 74.5. The van der Waals surface area contributed by atoms with Gasteiger partial charge in [0.25, 0.3) is 0 Å². The van der Waals surface area contributed by atoms with E-state index in [4.69, 9.17) is 18.9 Å². The van der Waals surface area contributed by atoms with Crippen LogP contribution in [-0.4, -0.2) is 54.3 Å². The van der Waals surface area contributed by atoms with Crippen LogP contribution >= 0.6 is 0 Å². The Balaban J connectivity index is 1.84. The molecule has 1 aliphatic carbocycles. The first-order chi connectivity index (χ1) is 17.8. The molecule has 0 radical (unpaired) electrons. The number of ketones is 2. The Morgan fingerprint density at radius 2 is 1.47 bits per heavy atom. The highest BCUT2D eigenvalue weighted by atomic mass is 16.6. The van der Waals surface area contributed by atoms with Crippen molar-refractivity contribution in [1.29, 1.82) is 0 Å². The van der Waals surface area contributed by atoms with Crippen LogP contribution in [0.1, 0.15) is 83.2 Å². The lowest BCUT2D eigenvalue weighted by Gasteiger charge is -2.22. The number of ether oxygens (including phenoxy) is 4. The first-order valence-corrected chi connectivity index (χ1v) is 11.7. The maximum atomic E-state index is 13.4. The fraction of sp³-hybridized carbons (Fsp3) is 0.333. The molecule has 0 saturated heterocycles. The van der Waals surface area contributed by atoms with Crippen LogP contribution in [0.25, 0.3) is 0 Å². The molecule has 0 atom stereocenters. The van der Waals surface area contributed by atoms with E-state index in [2.05, 4.69) is 5.32 Å². The average molecular weight is 526 g/mol. The van der Waals surface area contributed by atoms with E-state index in [1.807, 2.05) is 0 Å². The van der Waals surface area contributed by atoms with Gasteiger partial charge >= 0.3 is 24.0 Å². The van der Waals surface area contributed by atoms with Crippen LogP contribution in [0.4, 0.5) is 4.79 Å². The number of hydrogen-bond donors (Lipinski definition) is 1. The minimum Gasteiger partial charge on any atom is -0.462 e. The Kier molecular flexibility index (Phi) is 8.29. The monoisotopic (exact) mass is 525 g/mol. The van der Waals surface area contributed by atoms with Crippen LogP contribution in [0, 0.1) is 0 Å². The lowest BCUT2D eigenvalue weighted by atomic mass is 9.82. The highest BCUT2D eigenvalue weighted by Crippen LogP contribution is 2.38. The van der Waals surface area contributed by atoms with Crippen molar-refractivity contribution in [1.82, 2.24) is 5.32 Å². The smallest absolute Gasteiger partial charge is 0.407 e. The van der Waals surface area contributed by atoms with Gasteiger partial charge in [-0.3, -0.25) is 19.2 Å². The summed E-state index contributed by atoms with van der Waals surface area (Å²) in [6, 6.07) is 6.52. The first kappa shape index (κ1) is 28.0. The molecule has 0 spiro atoms. The number of carbonyl (C=O) groups excluding carboxylic acids is 6. The van der Waals surface area contributed by atoms with Crippen molar-refractivity contribution in [2.24, 2.45) is 0 Å². The van der Waals surface area contributed by atoms with Gasteiger partial charge in [0.1, 0.15) is 17.1 Å². The van der Waals surface area contributed by atoms with Crippen LogP contribution < -0.4 is 14.8 Å². The van der Waals surface area contributed by atoms with Gasteiger partial charge in [-0.1, -0.05) is 12.1 Å². The van der Waals surface area contributed by atoms with Crippen molar-refractivity contribution in [2.75, 3.05) is 13.2 Å². The molecule has 1 amide bonds. The predicted octanol–water partition coefficient (Wildman–Crippen LogP) is 3.38. The molecule has 11 nitrogen and oxygen atoms in total. The Hall–Kier alpha value is -4.54. The molecular weight excluding hydrogens is 498 g/mol.